The lowest BCUT2D eigenvalue weighted by Crippen LogP contribution is -2.23. The molecule has 0 spiro atoms. The van der Waals surface area contributed by atoms with Gasteiger partial charge in [-0.05, 0) is 43.7 Å². The Kier molecular flexibility index (Phi) is 7.11. The molecule has 0 aliphatic carbocycles. The van der Waals surface area contributed by atoms with Crippen molar-refractivity contribution in [2.24, 2.45) is 0 Å². The van der Waals surface area contributed by atoms with Crippen LogP contribution in [0.4, 0.5) is 0 Å². The monoisotopic (exact) mass is 499 g/mol. The molecule has 0 unspecified atom stereocenters. The molecule has 8 nitrogen and oxygen atoms in total. The molecule has 2 aromatic heterocycles. The zero-order chi connectivity index (χ0) is 24.5. The molecule has 0 aliphatic heterocycles. The van der Waals surface area contributed by atoms with Gasteiger partial charge >= 0.3 is 0 Å². The molecule has 4 rings (SSSR count). The Morgan fingerprint density at radius 1 is 1.00 bits per heavy atom. The van der Waals surface area contributed by atoms with Gasteiger partial charge in [0.25, 0.3) is 5.56 Å². The van der Waals surface area contributed by atoms with Crippen molar-refractivity contribution in [1.82, 2.24) is 23.4 Å². The Labute approximate surface area is 203 Å². The molecule has 0 saturated carbocycles. The van der Waals surface area contributed by atoms with Crippen molar-refractivity contribution in [3.63, 3.8) is 0 Å². The van der Waals surface area contributed by atoms with Crippen molar-refractivity contribution in [1.29, 1.82) is 0 Å². The number of sulfonamides is 1. The van der Waals surface area contributed by atoms with E-state index in [0.29, 0.717) is 40.4 Å². The first kappa shape index (κ1) is 24.4. The molecule has 0 atom stereocenters. The van der Waals surface area contributed by atoms with Gasteiger partial charge in [0, 0.05) is 27.2 Å². The largest absolute Gasteiger partial charge is 0.328 e. The van der Waals surface area contributed by atoms with Crippen molar-refractivity contribution < 1.29 is 8.42 Å². The van der Waals surface area contributed by atoms with E-state index in [1.807, 2.05) is 37.3 Å². The van der Waals surface area contributed by atoms with E-state index >= 15 is 0 Å². The van der Waals surface area contributed by atoms with Crippen LogP contribution in [0.5, 0.6) is 0 Å². The molecule has 180 valence electrons. The molecular weight excluding hydrogens is 470 g/mol. The van der Waals surface area contributed by atoms with E-state index in [2.05, 4.69) is 11.5 Å². The van der Waals surface area contributed by atoms with E-state index in [0.717, 1.165) is 24.2 Å². The molecule has 4 aromatic rings. The Morgan fingerprint density at radius 2 is 1.76 bits per heavy atom. The topological polar surface area (TPSA) is 90.1 Å². The van der Waals surface area contributed by atoms with Gasteiger partial charge in [-0.2, -0.15) is 0 Å². The molecule has 34 heavy (non-hydrogen) atoms. The number of nitrogens with zero attached hydrogens (tertiary/aromatic N) is 5. The molecule has 0 aliphatic rings. The second kappa shape index (κ2) is 9.89. The van der Waals surface area contributed by atoms with Crippen molar-refractivity contribution in [3.8, 4) is 0 Å². The number of aryl methyl sites for hydroxylation is 1. The molecule has 0 radical (unpaired) electrons. The third-order valence-electron chi connectivity index (χ3n) is 5.79. The van der Waals surface area contributed by atoms with Gasteiger partial charge < -0.3 is 4.57 Å². The van der Waals surface area contributed by atoms with Crippen LogP contribution < -0.4 is 5.56 Å². The molecule has 2 heterocycles. The van der Waals surface area contributed by atoms with E-state index in [1.165, 1.54) is 30.2 Å². The number of imidazole rings is 1. The zero-order valence-electron chi connectivity index (χ0n) is 19.9. The summed E-state index contributed by atoms with van der Waals surface area (Å²) in [7, 11) is -0.514. The molecule has 0 amide bonds. The summed E-state index contributed by atoms with van der Waals surface area (Å²) in [6.45, 7) is 5.44. The van der Waals surface area contributed by atoms with Crippen molar-refractivity contribution in [2.45, 2.75) is 55.6 Å². The molecule has 0 fully saturated rings. The predicted octanol–water partition coefficient (Wildman–Crippen LogP) is 4.11. The van der Waals surface area contributed by atoms with Gasteiger partial charge in [-0.25, -0.2) is 22.7 Å². The fourth-order valence-corrected chi connectivity index (χ4v) is 5.79. The Bertz CT molecular complexity index is 1510. The first-order valence-electron chi connectivity index (χ1n) is 11.3. The number of aromatic nitrogens is 4. The summed E-state index contributed by atoms with van der Waals surface area (Å²) in [6.07, 6.45) is 1.87. The second-order valence-electron chi connectivity index (χ2n) is 8.22. The van der Waals surface area contributed by atoms with E-state index in [1.54, 1.807) is 16.7 Å². The highest BCUT2D eigenvalue weighted by Gasteiger charge is 2.20. The standard InChI is InChI=1S/C24H29N5O3S2/c1-5-7-14-29-23(30)18-10-8-9-11-19(18)26-24(29)33-16-22-25-20-15-17(34(31,32)27(3)4)12-13-21(20)28(22)6-2/h8-13,15H,5-7,14,16H2,1-4H3. The van der Waals surface area contributed by atoms with Crippen LogP contribution in [0.1, 0.15) is 32.5 Å². The highest BCUT2D eigenvalue weighted by Crippen LogP contribution is 2.27. The lowest BCUT2D eigenvalue weighted by atomic mass is 10.2. The maximum atomic E-state index is 13.1. The van der Waals surface area contributed by atoms with Crippen LogP contribution in [0.3, 0.4) is 0 Å². The minimum Gasteiger partial charge on any atom is -0.328 e. The van der Waals surface area contributed by atoms with Gasteiger partial charge in [0.2, 0.25) is 10.0 Å². The zero-order valence-corrected chi connectivity index (χ0v) is 21.5. The normalized spacial score (nSPS) is 12.3. The molecule has 10 heteroatoms. The minimum absolute atomic E-state index is 0.0240. The third kappa shape index (κ3) is 4.49. The number of thioether (sulfide) groups is 1. The maximum Gasteiger partial charge on any atom is 0.262 e. The van der Waals surface area contributed by atoms with E-state index in [-0.39, 0.29) is 10.5 Å². The van der Waals surface area contributed by atoms with Crippen molar-refractivity contribution in [3.05, 3.63) is 58.6 Å². The van der Waals surface area contributed by atoms with Gasteiger partial charge in [-0.1, -0.05) is 37.2 Å². The van der Waals surface area contributed by atoms with Gasteiger partial charge in [-0.15, -0.1) is 0 Å². The Hall–Kier alpha value is -2.69. The lowest BCUT2D eigenvalue weighted by Gasteiger charge is -2.13. The third-order valence-corrected chi connectivity index (χ3v) is 8.57. The Balaban J connectivity index is 1.72. The smallest absolute Gasteiger partial charge is 0.262 e. The first-order chi connectivity index (χ1) is 16.3. The fourth-order valence-electron chi connectivity index (χ4n) is 3.89. The predicted molar refractivity (Wildman–Crippen MR) is 137 cm³/mol. The van der Waals surface area contributed by atoms with Gasteiger partial charge in [0.05, 0.1) is 32.6 Å². The first-order valence-corrected chi connectivity index (χ1v) is 13.7. The fraction of sp³-hybridized carbons (Fsp3) is 0.375. The van der Waals surface area contributed by atoms with Gasteiger partial charge in [0.1, 0.15) is 5.82 Å². The maximum absolute atomic E-state index is 13.1. The minimum atomic E-state index is -3.54. The molecule has 0 N–H and O–H groups in total. The van der Waals surface area contributed by atoms with Crippen LogP contribution in [0.2, 0.25) is 0 Å². The van der Waals surface area contributed by atoms with Crippen LogP contribution in [0.25, 0.3) is 21.9 Å². The van der Waals surface area contributed by atoms with Crippen molar-refractivity contribution >= 4 is 43.7 Å². The average molecular weight is 500 g/mol. The van der Waals surface area contributed by atoms with E-state index < -0.39 is 10.0 Å². The number of fused-ring (bicyclic) bond motifs is 2. The lowest BCUT2D eigenvalue weighted by molar-refractivity contribution is 0.521. The molecular formula is C24H29N5O3S2. The molecule has 0 bridgehead atoms. The number of rotatable bonds is 9. The summed E-state index contributed by atoms with van der Waals surface area (Å²) in [4.78, 5) is 22.9. The average Bonchev–Trinajstić information content (AvgIpc) is 3.18. The number of para-hydroxylation sites is 1. The summed E-state index contributed by atoms with van der Waals surface area (Å²) in [6, 6.07) is 12.5. The van der Waals surface area contributed by atoms with Crippen LogP contribution in [0, 0.1) is 0 Å². The van der Waals surface area contributed by atoms with Crippen LogP contribution >= 0.6 is 11.8 Å². The number of hydrogen-bond donors (Lipinski definition) is 0. The highest BCUT2D eigenvalue weighted by atomic mass is 32.2. The Morgan fingerprint density at radius 3 is 2.47 bits per heavy atom. The summed E-state index contributed by atoms with van der Waals surface area (Å²) in [5.74, 6) is 1.32. The van der Waals surface area contributed by atoms with Crippen molar-refractivity contribution in [2.75, 3.05) is 14.1 Å². The van der Waals surface area contributed by atoms with E-state index in [4.69, 9.17) is 9.97 Å². The van der Waals surface area contributed by atoms with Crippen LogP contribution in [0.15, 0.2) is 57.3 Å². The summed E-state index contributed by atoms with van der Waals surface area (Å²) in [5, 5.41) is 1.29. The quantitative estimate of drug-likeness (QED) is 0.254. The van der Waals surface area contributed by atoms with Gasteiger partial charge in [-0.3, -0.25) is 9.36 Å². The summed E-state index contributed by atoms with van der Waals surface area (Å²) in [5.41, 5.74) is 2.18. The highest BCUT2D eigenvalue weighted by molar-refractivity contribution is 7.98. The summed E-state index contributed by atoms with van der Waals surface area (Å²) >= 11 is 1.48. The summed E-state index contributed by atoms with van der Waals surface area (Å²) < 4.78 is 30.1. The number of unbranched alkanes of at least 4 members (excludes halogenated alkanes) is 1. The SMILES string of the molecule is CCCCn1c(SCc2nc3cc(S(=O)(=O)N(C)C)ccc3n2CC)nc2ccccc2c1=O. The number of benzene rings is 2. The second-order valence-corrected chi connectivity index (χ2v) is 11.3. The molecule has 2 aromatic carbocycles. The number of hydrogen-bond acceptors (Lipinski definition) is 6. The van der Waals surface area contributed by atoms with Crippen LogP contribution in [-0.2, 0) is 28.9 Å². The van der Waals surface area contributed by atoms with Crippen LogP contribution in [-0.4, -0.2) is 45.9 Å². The van der Waals surface area contributed by atoms with Gasteiger partial charge in [0.15, 0.2) is 5.16 Å². The van der Waals surface area contributed by atoms with E-state index in [9.17, 15) is 13.2 Å². The molecule has 0 saturated heterocycles.